The van der Waals surface area contributed by atoms with E-state index >= 15 is 0 Å². The minimum atomic E-state index is -0.448. The zero-order chi connectivity index (χ0) is 30.6. The normalized spacial score (nSPS) is 10.9. The second-order valence-electron chi connectivity index (χ2n) is 9.53. The second kappa shape index (κ2) is 14.7. The Labute approximate surface area is 274 Å². The lowest BCUT2D eigenvalue weighted by molar-refractivity contribution is -0.122. The van der Waals surface area contributed by atoms with Gasteiger partial charge in [-0.2, -0.15) is 0 Å². The topological polar surface area (TPSA) is 96.2 Å². The van der Waals surface area contributed by atoms with Crippen molar-refractivity contribution >= 4 is 86.7 Å². The van der Waals surface area contributed by atoms with Gasteiger partial charge in [0.2, 0.25) is 11.8 Å². The van der Waals surface area contributed by atoms with E-state index in [2.05, 4.69) is 26.2 Å². The third kappa shape index (κ3) is 7.88. The summed E-state index contributed by atoms with van der Waals surface area (Å²) in [7, 11) is 4.92. The summed E-state index contributed by atoms with van der Waals surface area (Å²) in [6.07, 6.45) is 4.79. The lowest BCUT2D eigenvalue weighted by Crippen LogP contribution is -2.37. The molecule has 2 aromatic carbocycles. The van der Waals surface area contributed by atoms with Gasteiger partial charge in [-0.1, -0.05) is 35.3 Å². The quantitative estimate of drug-likeness (QED) is 0.209. The Hall–Kier alpha value is -3.57. The maximum Gasteiger partial charge on any atom is 0.253 e. The van der Waals surface area contributed by atoms with Gasteiger partial charge in [-0.15, -0.1) is 12.4 Å². The first kappa shape index (κ1) is 33.9. The molecule has 0 radical (unpaired) electrons. The van der Waals surface area contributed by atoms with Crippen LogP contribution in [0.3, 0.4) is 0 Å². The number of hydrogen-bond donors (Lipinski definition) is 1. The number of imidazole rings is 1. The fourth-order valence-electron chi connectivity index (χ4n) is 4.01. The van der Waals surface area contributed by atoms with Crippen LogP contribution in [-0.4, -0.2) is 59.7 Å². The number of nitrogens with zero attached hydrogens (tertiary/aromatic N) is 4. The first-order chi connectivity index (χ1) is 20.0. The Morgan fingerprint density at radius 2 is 1.77 bits per heavy atom. The SMILES string of the molecule is Cc1nc2c(OCc3c(Cl)ccc(N(C)C(=O)CNC(=O)/C=C/c4ccc(C(=O)N(C)C)cc4)c3Cl)cccn2c1Br.Cl. The van der Waals surface area contributed by atoms with Gasteiger partial charge < -0.3 is 19.9 Å². The number of anilines is 1. The number of fused-ring (bicyclic) bond motifs is 1. The van der Waals surface area contributed by atoms with Gasteiger partial charge in [-0.25, -0.2) is 4.98 Å². The zero-order valence-corrected chi connectivity index (χ0v) is 27.6. The van der Waals surface area contributed by atoms with Gasteiger partial charge in [-0.3, -0.25) is 18.8 Å². The van der Waals surface area contributed by atoms with E-state index in [0.29, 0.717) is 33.2 Å². The third-order valence-electron chi connectivity index (χ3n) is 6.39. The number of hydrogen-bond acceptors (Lipinski definition) is 5. The summed E-state index contributed by atoms with van der Waals surface area (Å²) in [6, 6.07) is 13.8. The van der Waals surface area contributed by atoms with Crippen molar-refractivity contribution in [2.75, 3.05) is 32.6 Å². The van der Waals surface area contributed by atoms with Gasteiger partial charge in [0, 0.05) is 49.6 Å². The Bertz CT molecular complexity index is 1690. The Morgan fingerprint density at radius 3 is 2.44 bits per heavy atom. The number of nitrogens with one attached hydrogen (secondary N) is 1. The number of carbonyl (C=O) groups is 3. The maximum atomic E-state index is 12.9. The van der Waals surface area contributed by atoms with Crippen LogP contribution in [-0.2, 0) is 16.2 Å². The molecule has 43 heavy (non-hydrogen) atoms. The van der Waals surface area contributed by atoms with Crippen LogP contribution < -0.4 is 15.0 Å². The van der Waals surface area contributed by atoms with E-state index in [4.69, 9.17) is 27.9 Å². The Kier molecular flexibility index (Phi) is 11.6. The van der Waals surface area contributed by atoms with Gasteiger partial charge in [-0.05, 0) is 70.9 Å². The third-order valence-corrected chi connectivity index (χ3v) is 8.12. The molecular weight excluding hydrogens is 681 g/mol. The van der Waals surface area contributed by atoms with Crippen molar-refractivity contribution in [3.8, 4) is 5.75 Å². The molecule has 4 rings (SSSR count). The summed E-state index contributed by atoms with van der Waals surface area (Å²) in [5, 5.41) is 3.22. The second-order valence-corrected chi connectivity index (χ2v) is 11.1. The Balaban J connectivity index is 0.00000506. The molecule has 0 aliphatic rings. The molecule has 0 spiro atoms. The predicted octanol–water partition coefficient (Wildman–Crippen LogP) is 6.21. The van der Waals surface area contributed by atoms with E-state index in [1.54, 1.807) is 69.7 Å². The molecule has 9 nitrogen and oxygen atoms in total. The molecule has 2 aromatic heterocycles. The number of ether oxygens (including phenoxy) is 1. The van der Waals surface area contributed by atoms with Crippen LogP contribution in [0.25, 0.3) is 11.7 Å². The van der Waals surface area contributed by atoms with E-state index < -0.39 is 5.91 Å². The van der Waals surface area contributed by atoms with Gasteiger partial charge in [0.15, 0.2) is 11.4 Å². The highest BCUT2D eigenvalue weighted by molar-refractivity contribution is 9.10. The molecule has 0 saturated carbocycles. The van der Waals surface area contributed by atoms with Gasteiger partial charge >= 0.3 is 0 Å². The van der Waals surface area contributed by atoms with Crippen LogP contribution in [0.2, 0.25) is 10.0 Å². The van der Waals surface area contributed by atoms with Crippen LogP contribution in [0.1, 0.15) is 27.2 Å². The van der Waals surface area contributed by atoms with Crippen molar-refractivity contribution in [1.29, 1.82) is 0 Å². The lowest BCUT2D eigenvalue weighted by atomic mass is 10.1. The number of rotatable bonds is 9. The summed E-state index contributed by atoms with van der Waals surface area (Å²) >= 11 is 16.7. The smallest absolute Gasteiger partial charge is 0.253 e. The summed E-state index contributed by atoms with van der Waals surface area (Å²) in [5.41, 5.74) is 3.66. The molecule has 0 bridgehead atoms. The van der Waals surface area contributed by atoms with E-state index in [0.717, 1.165) is 15.9 Å². The first-order valence-corrected chi connectivity index (χ1v) is 14.3. The minimum Gasteiger partial charge on any atom is -0.485 e. The number of halogens is 4. The highest BCUT2D eigenvalue weighted by Gasteiger charge is 2.20. The van der Waals surface area contributed by atoms with Crippen molar-refractivity contribution in [2.45, 2.75) is 13.5 Å². The fraction of sp³-hybridized carbons (Fsp3) is 0.200. The van der Waals surface area contributed by atoms with E-state index in [1.165, 1.54) is 15.9 Å². The molecule has 0 fully saturated rings. The zero-order valence-electron chi connectivity index (χ0n) is 23.7. The minimum absolute atomic E-state index is 0. The molecule has 0 aliphatic carbocycles. The van der Waals surface area contributed by atoms with Crippen LogP contribution in [0, 0.1) is 6.92 Å². The van der Waals surface area contributed by atoms with Crippen molar-refractivity contribution in [1.82, 2.24) is 19.6 Å². The standard InChI is InChI=1S/C30H28BrCl2N5O4.ClH/c1-18-28(31)38-15-5-6-24(29(38)35-18)42-17-21-22(32)12-13-23(27(21)33)37(4)26(40)16-34-25(39)14-9-19-7-10-20(11-8-19)30(41)36(2)3;/h5-15H,16-17H2,1-4H3,(H,34,39);1H/b14-9+;. The molecule has 4 aromatic rings. The molecule has 13 heteroatoms. The molecule has 2 heterocycles. The van der Waals surface area contributed by atoms with Crippen molar-refractivity contribution < 1.29 is 19.1 Å². The Morgan fingerprint density at radius 1 is 1.07 bits per heavy atom. The average molecular weight is 710 g/mol. The number of carbonyl (C=O) groups excluding carboxylic acids is 3. The predicted molar refractivity (Wildman–Crippen MR) is 176 cm³/mol. The number of aryl methyl sites for hydroxylation is 1. The molecule has 0 saturated heterocycles. The molecule has 3 amide bonds. The number of benzene rings is 2. The monoisotopic (exact) mass is 707 g/mol. The van der Waals surface area contributed by atoms with Crippen LogP contribution >= 0.6 is 51.5 Å². The van der Waals surface area contributed by atoms with Gasteiger partial charge in [0.1, 0.15) is 11.2 Å². The highest BCUT2D eigenvalue weighted by atomic mass is 79.9. The van der Waals surface area contributed by atoms with Crippen molar-refractivity contribution in [3.63, 3.8) is 0 Å². The van der Waals surface area contributed by atoms with Crippen molar-refractivity contribution in [2.24, 2.45) is 0 Å². The molecule has 0 atom stereocenters. The molecular formula is C30H29BrCl3N5O4. The summed E-state index contributed by atoms with van der Waals surface area (Å²) in [6.45, 7) is 1.68. The summed E-state index contributed by atoms with van der Waals surface area (Å²) in [5.74, 6) is -0.401. The van der Waals surface area contributed by atoms with E-state index in [9.17, 15) is 14.4 Å². The summed E-state index contributed by atoms with van der Waals surface area (Å²) in [4.78, 5) is 44.6. The van der Waals surface area contributed by atoms with E-state index in [-0.39, 0.29) is 42.4 Å². The molecule has 0 aliphatic heterocycles. The van der Waals surface area contributed by atoms with Gasteiger partial charge in [0.25, 0.3) is 5.91 Å². The van der Waals surface area contributed by atoms with Crippen molar-refractivity contribution in [3.05, 3.63) is 97.8 Å². The van der Waals surface area contributed by atoms with E-state index in [1.807, 2.05) is 23.6 Å². The molecule has 226 valence electrons. The average Bonchev–Trinajstić information content (AvgIpc) is 3.27. The fourth-order valence-corrected chi connectivity index (χ4v) is 4.99. The number of aromatic nitrogens is 2. The van der Waals surface area contributed by atoms with Crippen LogP contribution in [0.15, 0.2) is 65.4 Å². The maximum absolute atomic E-state index is 12.9. The largest absolute Gasteiger partial charge is 0.485 e. The number of amides is 3. The molecule has 0 unspecified atom stereocenters. The lowest BCUT2D eigenvalue weighted by Gasteiger charge is -2.21. The number of pyridine rings is 1. The molecule has 1 N–H and O–H groups in total. The number of likely N-dealkylation sites (N-methyl/N-ethyl adjacent to an activating group) is 1. The van der Waals surface area contributed by atoms with Gasteiger partial charge in [0.05, 0.1) is 22.9 Å². The summed E-state index contributed by atoms with van der Waals surface area (Å²) < 4.78 is 8.74. The van der Waals surface area contributed by atoms with Crippen LogP contribution in [0.5, 0.6) is 5.75 Å². The highest BCUT2D eigenvalue weighted by Crippen LogP contribution is 2.35. The van der Waals surface area contributed by atoms with Crippen LogP contribution in [0.4, 0.5) is 5.69 Å². The first-order valence-electron chi connectivity index (χ1n) is 12.7.